The highest BCUT2D eigenvalue weighted by Crippen LogP contribution is 2.11. The van der Waals surface area contributed by atoms with Crippen LogP contribution in [-0.4, -0.2) is 44.6 Å². The summed E-state index contributed by atoms with van der Waals surface area (Å²) in [6.45, 7) is 4.53. The number of nitrogens with one attached hydrogen (secondary N) is 2. The van der Waals surface area contributed by atoms with Gasteiger partial charge < -0.3 is 10.6 Å². The fourth-order valence-electron chi connectivity index (χ4n) is 2.13. The van der Waals surface area contributed by atoms with E-state index in [1.165, 1.54) is 4.80 Å². The topological polar surface area (TPSA) is 102 Å². The molecule has 1 aromatic heterocycles. The van der Waals surface area contributed by atoms with Gasteiger partial charge in [-0.05, 0) is 25.5 Å². The number of hydrogen-bond donors (Lipinski definition) is 2. The van der Waals surface area contributed by atoms with Crippen molar-refractivity contribution in [2.24, 2.45) is 0 Å². The Bertz CT molecular complexity index is 670. The van der Waals surface area contributed by atoms with Gasteiger partial charge in [-0.25, -0.2) is 0 Å². The number of aryl methyl sites for hydroxylation is 1. The Labute approximate surface area is 140 Å². The molecule has 0 aliphatic carbocycles. The Kier molecular flexibility index (Phi) is 6.41. The van der Waals surface area contributed by atoms with Gasteiger partial charge in [-0.3, -0.25) is 9.59 Å². The van der Waals surface area contributed by atoms with Crippen molar-refractivity contribution < 1.29 is 9.59 Å². The molecule has 0 fully saturated rings. The maximum Gasteiger partial charge on any atom is 0.242 e. The second-order valence-electron chi connectivity index (χ2n) is 5.36. The van der Waals surface area contributed by atoms with Crippen LogP contribution in [-0.2, 0) is 16.1 Å². The van der Waals surface area contributed by atoms with Gasteiger partial charge in [0, 0.05) is 18.5 Å². The van der Waals surface area contributed by atoms with E-state index in [-0.39, 0.29) is 11.8 Å². The van der Waals surface area contributed by atoms with Crippen LogP contribution < -0.4 is 10.6 Å². The number of tetrazole rings is 1. The van der Waals surface area contributed by atoms with Crippen LogP contribution in [0.2, 0.25) is 0 Å². The number of rotatable bonds is 8. The Morgan fingerprint density at radius 3 is 2.71 bits per heavy atom. The van der Waals surface area contributed by atoms with E-state index in [4.69, 9.17) is 0 Å². The molecule has 2 amide bonds. The van der Waals surface area contributed by atoms with Crippen LogP contribution in [0.25, 0.3) is 11.4 Å². The SMILES string of the molecule is CCNC(=O)[C@H](C)NC(=O)CCCn1nnc(-c2ccccc2)n1. The maximum atomic E-state index is 11.8. The fourth-order valence-corrected chi connectivity index (χ4v) is 2.13. The summed E-state index contributed by atoms with van der Waals surface area (Å²) in [4.78, 5) is 24.9. The Hall–Kier alpha value is -2.77. The van der Waals surface area contributed by atoms with E-state index in [1.54, 1.807) is 6.92 Å². The molecule has 0 bridgehead atoms. The third-order valence-corrected chi connectivity index (χ3v) is 3.37. The van der Waals surface area contributed by atoms with Crippen molar-refractivity contribution in [2.75, 3.05) is 6.54 Å². The van der Waals surface area contributed by atoms with Gasteiger partial charge in [0.15, 0.2) is 0 Å². The summed E-state index contributed by atoms with van der Waals surface area (Å²) in [5.74, 6) is 0.207. The van der Waals surface area contributed by atoms with Crippen molar-refractivity contribution in [1.29, 1.82) is 0 Å². The van der Waals surface area contributed by atoms with Gasteiger partial charge in [0.25, 0.3) is 0 Å². The first-order valence-corrected chi connectivity index (χ1v) is 8.00. The van der Waals surface area contributed by atoms with Gasteiger partial charge in [0.2, 0.25) is 17.6 Å². The van der Waals surface area contributed by atoms with Crippen LogP contribution in [0.1, 0.15) is 26.7 Å². The molecule has 2 aromatic rings. The highest BCUT2D eigenvalue weighted by atomic mass is 16.2. The van der Waals surface area contributed by atoms with Crippen molar-refractivity contribution in [1.82, 2.24) is 30.8 Å². The molecule has 1 aromatic carbocycles. The Morgan fingerprint density at radius 2 is 2.00 bits per heavy atom. The normalized spacial score (nSPS) is 11.8. The highest BCUT2D eigenvalue weighted by Gasteiger charge is 2.14. The minimum atomic E-state index is -0.536. The molecule has 2 N–H and O–H groups in total. The molecule has 0 unspecified atom stereocenters. The van der Waals surface area contributed by atoms with Gasteiger partial charge >= 0.3 is 0 Å². The quantitative estimate of drug-likeness (QED) is 0.744. The summed E-state index contributed by atoms with van der Waals surface area (Å²) in [5.41, 5.74) is 0.900. The van der Waals surface area contributed by atoms with Crippen LogP contribution in [0.3, 0.4) is 0 Å². The van der Waals surface area contributed by atoms with Crippen LogP contribution in [0.5, 0.6) is 0 Å². The highest BCUT2D eigenvalue weighted by molar-refractivity contribution is 5.87. The smallest absolute Gasteiger partial charge is 0.242 e. The number of carbonyl (C=O) groups is 2. The summed E-state index contributed by atoms with van der Waals surface area (Å²) < 4.78 is 0. The molecule has 1 atom stereocenters. The second-order valence-corrected chi connectivity index (χ2v) is 5.36. The molecule has 2 rings (SSSR count). The van der Waals surface area contributed by atoms with E-state index >= 15 is 0 Å². The lowest BCUT2D eigenvalue weighted by atomic mass is 10.2. The van der Waals surface area contributed by atoms with Crippen molar-refractivity contribution in [3.63, 3.8) is 0 Å². The van der Waals surface area contributed by atoms with E-state index in [1.807, 2.05) is 37.3 Å². The minimum absolute atomic E-state index is 0.169. The first kappa shape index (κ1) is 17.6. The number of nitrogens with zero attached hydrogens (tertiary/aromatic N) is 4. The van der Waals surface area contributed by atoms with Crippen LogP contribution in [0.4, 0.5) is 0 Å². The molecule has 0 aliphatic rings. The van der Waals surface area contributed by atoms with Crippen LogP contribution >= 0.6 is 0 Å². The van der Waals surface area contributed by atoms with Crippen LogP contribution in [0, 0.1) is 0 Å². The number of amides is 2. The zero-order valence-corrected chi connectivity index (χ0v) is 13.9. The molecular weight excluding hydrogens is 308 g/mol. The van der Waals surface area contributed by atoms with E-state index in [0.717, 1.165) is 5.56 Å². The van der Waals surface area contributed by atoms with Crippen LogP contribution in [0.15, 0.2) is 30.3 Å². The largest absolute Gasteiger partial charge is 0.355 e. The zero-order chi connectivity index (χ0) is 17.4. The summed E-state index contributed by atoms with van der Waals surface area (Å²) in [5, 5.41) is 17.6. The average Bonchev–Trinajstić information content (AvgIpc) is 3.04. The van der Waals surface area contributed by atoms with E-state index in [2.05, 4.69) is 26.0 Å². The molecule has 128 valence electrons. The zero-order valence-electron chi connectivity index (χ0n) is 13.9. The lowest BCUT2D eigenvalue weighted by Crippen LogP contribution is -2.44. The third-order valence-electron chi connectivity index (χ3n) is 3.37. The third kappa shape index (κ3) is 5.15. The van der Waals surface area contributed by atoms with E-state index in [0.29, 0.717) is 31.8 Å². The maximum absolute atomic E-state index is 11.8. The molecule has 0 saturated heterocycles. The molecule has 8 heteroatoms. The monoisotopic (exact) mass is 330 g/mol. The number of benzene rings is 1. The van der Waals surface area contributed by atoms with E-state index in [9.17, 15) is 9.59 Å². The predicted molar refractivity (Wildman–Crippen MR) is 88.8 cm³/mol. The first-order valence-electron chi connectivity index (χ1n) is 8.00. The lowest BCUT2D eigenvalue weighted by molar-refractivity contribution is -0.128. The summed E-state index contributed by atoms with van der Waals surface area (Å²) >= 11 is 0. The number of hydrogen-bond acceptors (Lipinski definition) is 5. The van der Waals surface area contributed by atoms with Crippen molar-refractivity contribution in [3.8, 4) is 11.4 Å². The van der Waals surface area contributed by atoms with Gasteiger partial charge in [0.05, 0.1) is 6.54 Å². The molecule has 0 saturated carbocycles. The number of likely N-dealkylation sites (N-methyl/N-ethyl adjacent to an activating group) is 1. The lowest BCUT2D eigenvalue weighted by Gasteiger charge is -2.13. The molecular formula is C16H22N6O2. The van der Waals surface area contributed by atoms with Gasteiger partial charge in [0.1, 0.15) is 6.04 Å². The number of carbonyl (C=O) groups excluding carboxylic acids is 2. The molecule has 0 radical (unpaired) electrons. The second kappa shape index (κ2) is 8.76. The van der Waals surface area contributed by atoms with Gasteiger partial charge in [-0.1, -0.05) is 30.3 Å². The van der Waals surface area contributed by atoms with Crippen molar-refractivity contribution >= 4 is 11.8 Å². The Morgan fingerprint density at radius 1 is 1.25 bits per heavy atom. The average molecular weight is 330 g/mol. The summed E-state index contributed by atoms with van der Waals surface area (Å²) in [6.07, 6.45) is 0.866. The van der Waals surface area contributed by atoms with E-state index < -0.39 is 6.04 Å². The van der Waals surface area contributed by atoms with Crippen molar-refractivity contribution in [3.05, 3.63) is 30.3 Å². The molecule has 1 heterocycles. The summed E-state index contributed by atoms with van der Waals surface area (Å²) in [7, 11) is 0. The molecule has 24 heavy (non-hydrogen) atoms. The van der Waals surface area contributed by atoms with Crippen molar-refractivity contribution in [2.45, 2.75) is 39.3 Å². The standard InChI is InChI=1S/C16H22N6O2/c1-3-17-16(24)12(2)18-14(23)10-7-11-22-20-15(19-21-22)13-8-5-4-6-9-13/h4-6,8-9,12H,3,7,10-11H2,1-2H3,(H,17,24)(H,18,23)/t12-/m0/s1. The predicted octanol–water partition coefficient (Wildman–Crippen LogP) is 0.761. The summed E-state index contributed by atoms with van der Waals surface area (Å²) in [6, 6.07) is 9.04. The fraction of sp³-hybridized carbons (Fsp3) is 0.438. The molecule has 8 nitrogen and oxygen atoms in total. The number of aromatic nitrogens is 4. The molecule has 0 aliphatic heterocycles. The molecule has 0 spiro atoms. The Balaban J connectivity index is 1.75. The minimum Gasteiger partial charge on any atom is -0.355 e. The van der Waals surface area contributed by atoms with Gasteiger partial charge in [-0.2, -0.15) is 4.80 Å². The van der Waals surface area contributed by atoms with Gasteiger partial charge in [-0.15, -0.1) is 10.2 Å². The first-order chi connectivity index (χ1) is 11.6.